The van der Waals surface area contributed by atoms with Crippen molar-refractivity contribution < 1.29 is 4.79 Å². The predicted molar refractivity (Wildman–Crippen MR) is 101 cm³/mol. The summed E-state index contributed by atoms with van der Waals surface area (Å²) >= 11 is 0. The zero-order valence-corrected chi connectivity index (χ0v) is 13.5. The van der Waals surface area contributed by atoms with Crippen LogP contribution in [0.4, 0.5) is 0 Å². The first kappa shape index (κ1) is 15.1. The first-order valence-corrected chi connectivity index (χ1v) is 8.08. The van der Waals surface area contributed by atoms with E-state index in [-0.39, 0.29) is 0 Å². The highest BCUT2D eigenvalue weighted by Crippen LogP contribution is 2.38. The Balaban J connectivity index is 2.11. The van der Waals surface area contributed by atoms with Gasteiger partial charge >= 0.3 is 0 Å². The van der Waals surface area contributed by atoms with Crippen LogP contribution in [0, 0.1) is 0 Å². The van der Waals surface area contributed by atoms with Gasteiger partial charge in [0.1, 0.15) is 0 Å². The number of hydrogen-bond acceptors (Lipinski definition) is 2. The Morgan fingerprint density at radius 2 is 1.52 bits per heavy atom. The van der Waals surface area contributed by atoms with E-state index in [1.165, 1.54) is 0 Å². The van der Waals surface area contributed by atoms with Crippen molar-refractivity contribution in [1.29, 1.82) is 0 Å². The van der Waals surface area contributed by atoms with Gasteiger partial charge < -0.3 is 5.73 Å². The standard InChI is InChI=1S/C22H16N2O/c23-22(25)19-10-4-3-9-17(19)18-13-12-15-7-1-2-8-16(15)21(18)20-11-5-6-14-24-20/h1-14H,(H2,23,25). The number of amides is 1. The van der Waals surface area contributed by atoms with E-state index in [9.17, 15) is 4.79 Å². The van der Waals surface area contributed by atoms with E-state index in [4.69, 9.17) is 5.73 Å². The molecule has 4 rings (SSSR count). The van der Waals surface area contributed by atoms with Gasteiger partial charge in [-0.15, -0.1) is 0 Å². The summed E-state index contributed by atoms with van der Waals surface area (Å²) < 4.78 is 0. The molecule has 2 N–H and O–H groups in total. The molecule has 0 radical (unpaired) electrons. The lowest BCUT2D eigenvalue weighted by atomic mass is 9.89. The number of benzene rings is 3. The second-order valence-electron chi connectivity index (χ2n) is 5.83. The lowest BCUT2D eigenvalue weighted by Crippen LogP contribution is -2.12. The number of nitrogens with zero attached hydrogens (tertiary/aromatic N) is 1. The number of aromatic nitrogens is 1. The maximum atomic E-state index is 11.9. The predicted octanol–water partition coefficient (Wildman–Crippen LogP) is 4.67. The Bertz CT molecular complexity index is 1070. The largest absolute Gasteiger partial charge is 0.366 e. The van der Waals surface area contributed by atoms with Crippen LogP contribution in [-0.4, -0.2) is 10.9 Å². The van der Waals surface area contributed by atoms with Gasteiger partial charge in [0.2, 0.25) is 5.91 Å². The van der Waals surface area contributed by atoms with Gasteiger partial charge in [-0.1, -0.05) is 60.7 Å². The van der Waals surface area contributed by atoms with E-state index in [1.807, 2.05) is 54.6 Å². The number of hydrogen-bond donors (Lipinski definition) is 1. The first-order valence-electron chi connectivity index (χ1n) is 8.08. The minimum Gasteiger partial charge on any atom is -0.366 e. The summed E-state index contributed by atoms with van der Waals surface area (Å²) in [5.74, 6) is -0.435. The third-order valence-corrected chi connectivity index (χ3v) is 4.33. The lowest BCUT2D eigenvalue weighted by molar-refractivity contribution is 0.100. The van der Waals surface area contributed by atoms with Crippen LogP contribution in [0.1, 0.15) is 10.4 Å². The minimum atomic E-state index is -0.435. The molecule has 0 spiro atoms. The monoisotopic (exact) mass is 324 g/mol. The zero-order valence-electron chi connectivity index (χ0n) is 13.5. The number of carbonyl (C=O) groups is 1. The summed E-state index contributed by atoms with van der Waals surface area (Å²) in [5.41, 5.74) is 9.76. The van der Waals surface area contributed by atoms with E-state index in [0.717, 1.165) is 33.2 Å². The molecule has 25 heavy (non-hydrogen) atoms. The Morgan fingerprint density at radius 3 is 2.32 bits per heavy atom. The van der Waals surface area contributed by atoms with Crippen molar-refractivity contribution in [3.8, 4) is 22.4 Å². The molecular formula is C22H16N2O. The first-order chi connectivity index (χ1) is 12.3. The van der Waals surface area contributed by atoms with Gasteiger partial charge in [-0.25, -0.2) is 0 Å². The summed E-state index contributed by atoms with van der Waals surface area (Å²) in [5, 5.41) is 2.22. The molecule has 1 heterocycles. The molecule has 3 aromatic carbocycles. The van der Waals surface area contributed by atoms with Crippen molar-refractivity contribution in [2.45, 2.75) is 0 Å². The van der Waals surface area contributed by atoms with Gasteiger partial charge in [0.25, 0.3) is 0 Å². The molecule has 1 amide bonds. The summed E-state index contributed by atoms with van der Waals surface area (Å²) in [6, 6.07) is 25.6. The van der Waals surface area contributed by atoms with Gasteiger partial charge in [0, 0.05) is 17.3 Å². The highest BCUT2D eigenvalue weighted by molar-refractivity contribution is 6.07. The Kier molecular flexibility index (Phi) is 3.75. The molecule has 0 fully saturated rings. The molecule has 0 bridgehead atoms. The maximum Gasteiger partial charge on any atom is 0.249 e. The molecule has 0 atom stereocenters. The molecule has 0 saturated heterocycles. The average molecular weight is 324 g/mol. The summed E-state index contributed by atoms with van der Waals surface area (Å²) in [6.45, 7) is 0. The highest BCUT2D eigenvalue weighted by atomic mass is 16.1. The van der Waals surface area contributed by atoms with Gasteiger partial charge in [-0.2, -0.15) is 0 Å². The van der Waals surface area contributed by atoms with E-state index in [0.29, 0.717) is 5.56 Å². The number of rotatable bonds is 3. The normalized spacial score (nSPS) is 10.7. The van der Waals surface area contributed by atoms with E-state index < -0.39 is 5.91 Å². The Hall–Kier alpha value is -3.46. The average Bonchev–Trinajstić information content (AvgIpc) is 2.67. The number of fused-ring (bicyclic) bond motifs is 1. The Labute approximate surface area is 145 Å². The maximum absolute atomic E-state index is 11.9. The van der Waals surface area contributed by atoms with Crippen molar-refractivity contribution in [3.63, 3.8) is 0 Å². The number of pyridine rings is 1. The van der Waals surface area contributed by atoms with E-state index in [2.05, 4.69) is 23.2 Å². The SMILES string of the molecule is NC(=O)c1ccccc1-c1ccc2ccccc2c1-c1ccccn1. The molecule has 120 valence electrons. The molecule has 0 aliphatic rings. The molecule has 0 unspecified atom stereocenters. The van der Waals surface area contributed by atoms with Crippen LogP contribution < -0.4 is 5.73 Å². The minimum absolute atomic E-state index is 0.435. The fourth-order valence-electron chi connectivity index (χ4n) is 3.22. The second-order valence-corrected chi connectivity index (χ2v) is 5.83. The van der Waals surface area contributed by atoms with Crippen molar-refractivity contribution in [1.82, 2.24) is 4.98 Å². The molecule has 0 aliphatic heterocycles. The number of carbonyl (C=O) groups excluding carboxylic acids is 1. The van der Waals surface area contributed by atoms with Crippen molar-refractivity contribution >= 4 is 16.7 Å². The molecule has 3 nitrogen and oxygen atoms in total. The fraction of sp³-hybridized carbons (Fsp3) is 0. The van der Waals surface area contributed by atoms with Crippen LogP contribution in [0.2, 0.25) is 0 Å². The van der Waals surface area contributed by atoms with Crippen LogP contribution in [0.5, 0.6) is 0 Å². The summed E-state index contributed by atoms with van der Waals surface area (Å²) in [4.78, 5) is 16.5. The third kappa shape index (κ3) is 2.66. The highest BCUT2D eigenvalue weighted by Gasteiger charge is 2.16. The molecule has 0 saturated carbocycles. The topological polar surface area (TPSA) is 56.0 Å². The fourth-order valence-corrected chi connectivity index (χ4v) is 3.22. The zero-order chi connectivity index (χ0) is 17.2. The van der Waals surface area contributed by atoms with E-state index in [1.54, 1.807) is 12.3 Å². The van der Waals surface area contributed by atoms with Crippen molar-refractivity contribution in [3.05, 3.63) is 90.6 Å². The quantitative estimate of drug-likeness (QED) is 0.595. The van der Waals surface area contributed by atoms with Crippen LogP contribution in [0.25, 0.3) is 33.2 Å². The van der Waals surface area contributed by atoms with E-state index >= 15 is 0 Å². The van der Waals surface area contributed by atoms with Gasteiger partial charge in [-0.3, -0.25) is 9.78 Å². The molecule has 3 heteroatoms. The molecular weight excluding hydrogens is 308 g/mol. The Morgan fingerprint density at radius 1 is 0.760 bits per heavy atom. The molecule has 1 aromatic heterocycles. The van der Waals surface area contributed by atoms with Crippen LogP contribution >= 0.6 is 0 Å². The number of primary amides is 1. The van der Waals surface area contributed by atoms with Crippen molar-refractivity contribution in [2.75, 3.05) is 0 Å². The summed E-state index contributed by atoms with van der Waals surface area (Å²) in [7, 11) is 0. The van der Waals surface area contributed by atoms with Gasteiger partial charge in [0.05, 0.1) is 5.69 Å². The van der Waals surface area contributed by atoms with Gasteiger partial charge in [-0.05, 0) is 40.1 Å². The smallest absolute Gasteiger partial charge is 0.249 e. The summed E-state index contributed by atoms with van der Waals surface area (Å²) in [6.07, 6.45) is 1.78. The van der Waals surface area contributed by atoms with Crippen LogP contribution in [0.15, 0.2) is 85.1 Å². The van der Waals surface area contributed by atoms with Crippen LogP contribution in [-0.2, 0) is 0 Å². The van der Waals surface area contributed by atoms with Gasteiger partial charge in [0.15, 0.2) is 0 Å². The van der Waals surface area contributed by atoms with Crippen LogP contribution in [0.3, 0.4) is 0 Å². The molecule has 0 aliphatic carbocycles. The third-order valence-electron chi connectivity index (χ3n) is 4.33. The van der Waals surface area contributed by atoms with Crippen molar-refractivity contribution in [2.24, 2.45) is 5.73 Å². The lowest BCUT2D eigenvalue weighted by Gasteiger charge is -2.15. The second kappa shape index (κ2) is 6.21. The molecule has 4 aromatic rings. The number of nitrogens with two attached hydrogens (primary N) is 1.